The lowest BCUT2D eigenvalue weighted by molar-refractivity contribution is -0.273. The summed E-state index contributed by atoms with van der Waals surface area (Å²) in [7, 11) is -8.10. The molecule has 0 saturated carbocycles. The predicted octanol–water partition coefficient (Wildman–Crippen LogP) is 4.13. The maximum Gasteiger partial charge on any atom is 0.417 e. The molecule has 0 fully saturated rings. The number of aromatic amines is 1. The number of benzene rings is 1. The minimum absolute atomic E-state index is 0.139. The third-order valence-electron chi connectivity index (χ3n) is 4.76. The van der Waals surface area contributed by atoms with Gasteiger partial charge in [-0.05, 0) is 18.4 Å². The first-order chi connectivity index (χ1) is 15.4. The van der Waals surface area contributed by atoms with Crippen LogP contribution in [0, 0.1) is 11.6 Å². The van der Waals surface area contributed by atoms with E-state index in [0.717, 1.165) is 6.20 Å². The Labute approximate surface area is 175 Å². The van der Waals surface area contributed by atoms with Crippen LogP contribution in [0.4, 0.5) is 36.4 Å². The number of hydrogen-bond donors (Lipinski definition) is 2. The summed E-state index contributed by atoms with van der Waals surface area (Å²) in [6.07, 6.45) is -6.85. The van der Waals surface area contributed by atoms with E-state index in [1.807, 2.05) is 0 Å². The van der Waals surface area contributed by atoms with Gasteiger partial charge in [0.05, 0.1) is 9.80 Å². The second kappa shape index (κ2) is 7.89. The Morgan fingerprint density at radius 2 is 1.97 bits per heavy atom. The highest BCUT2D eigenvalue weighted by molar-refractivity contribution is 7.92. The topological polar surface area (TPSA) is 80.4 Å². The maximum absolute atomic E-state index is 14.2. The highest BCUT2D eigenvalue weighted by atomic mass is 32.2. The quantitative estimate of drug-likeness (QED) is 0.611. The van der Waals surface area contributed by atoms with Crippen LogP contribution in [0.25, 0.3) is 0 Å². The number of ether oxygens (including phenoxy) is 2. The first-order valence-electron chi connectivity index (χ1n) is 9.87. The molecule has 2 N–H and O–H groups in total. The number of halogens is 7. The molecule has 31 heavy (non-hydrogen) atoms. The minimum atomic E-state index is -5.11. The van der Waals surface area contributed by atoms with Gasteiger partial charge in [0.2, 0.25) is 0 Å². The van der Waals surface area contributed by atoms with Crippen LogP contribution in [0.15, 0.2) is 23.2 Å². The third kappa shape index (κ3) is 4.31. The lowest BCUT2D eigenvalue weighted by atomic mass is 9.83. The molecule has 1 aliphatic carbocycles. The van der Waals surface area contributed by atoms with Crippen LogP contribution in [0.3, 0.4) is 0 Å². The molecule has 1 aliphatic rings. The number of alkyl halides is 5. The normalized spacial score (nSPS) is 21.2. The molecular formula is C17H15F7N2O4S. The van der Waals surface area contributed by atoms with Crippen molar-refractivity contribution in [2.75, 3.05) is 11.8 Å². The van der Waals surface area contributed by atoms with Gasteiger partial charge in [-0.1, -0.05) is 0 Å². The van der Waals surface area contributed by atoms with Crippen molar-refractivity contribution in [2.24, 2.45) is 0 Å². The van der Waals surface area contributed by atoms with Gasteiger partial charge in [-0.25, -0.2) is 17.2 Å². The zero-order valence-corrected chi connectivity index (χ0v) is 15.9. The van der Waals surface area contributed by atoms with E-state index in [-0.39, 0.29) is 23.4 Å². The van der Waals surface area contributed by atoms with Crippen molar-refractivity contribution >= 4 is 15.7 Å². The Morgan fingerprint density at radius 3 is 2.58 bits per heavy atom. The summed E-state index contributed by atoms with van der Waals surface area (Å²) >= 11 is 0. The van der Waals surface area contributed by atoms with Crippen LogP contribution < -0.4 is 9.46 Å². The first kappa shape index (κ1) is 19.2. The van der Waals surface area contributed by atoms with Crippen LogP contribution >= 0.6 is 0 Å². The highest BCUT2D eigenvalue weighted by Gasteiger charge is 2.57. The summed E-state index contributed by atoms with van der Waals surface area (Å²) in [5, 5.41) is 0. The molecule has 1 atom stereocenters. The van der Waals surface area contributed by atoms with Gasteiger partial charge in [-0.2, -0.15) is 22.0 Å². The molecule has 14 heteroatoms. The SMILES string of the molecule is [2H]C([2H])([2H])O[C@]1(C(F)(F)F)CCc2c(S(=O)(=O)Nc3cc(F)c(OC(F)F)cc3F)c[nH]c2C1. The smallest absolute Gasteiger partial charge is 0.417 e. The molecule has 0 bridgehead atoms. The Bertz CT molecular complexity index is 1190. The third-order valence-corrected chi connectivity index (χ3v) is 6.20. The molecule has 0 unspecified atom stereocenters. The minimum Gasteiger partial charge on any atom is -0.432 e. The van der Waals surface area contributed by atoms with Gasteiger partial charge < -0.3 is 14.5 Å². The number of methoxy groups -OCH3 is 1. The lowest BCUT2D eigenvalue weighted by Crippen LogP contribution is -2.51. The molecule has 1 aromatic carbocycles. The van der Waals surface area contributed by atoms with Crippen molar-refractivity contribution in [1.29, 1.82) is 0 Å². The van der Waals surface area contributed by atoms with Crippen molar-refractivity contribution in [1.82, 2.24) is 4.98 Å². The maximum atomic E-state index is 14.2. The van der Waals surface area contributed by atoms with Crippen LogP contribution in [0.5, 0.6) is 5.75 Å². The number of anilines is 1. The van der Waals surface area contributed by atoms with E-state index in [9.17, 15) is 39.2 Å². The van der Waals surface area contributed by atoms with Crippen molar-refractivity contribution < 1.29 is 52.7 Å². The monoisotopic (exact) mass is 479 g/mol. The molecule has 6 nitrogen and oxygen atoms in total. The number of aromatic nitrogens is 1. The van der Waals surface area contributed by atoms with E-state index in [2.05, 4.69) is 14.5 Å². The van der Waals surface area contributed by atoms with Gasteiger partial charge in [-0.3, -0.25) is 4.72 Å². The Kier molecular flexibility index (Phi) is 4.89. The Morgan fingerprint density at radius 1 is 1.26 bits per heavy atom. The van der Waals surface area contributed by atoms with E-state index >= 15 is 0 Å². The van der Waals surface area contributed by atoms with Gasteiger partial charge in [0.15, 0.2) is 23.0 Å². The number of rotatable bonds is 6. The Balaban J connectivity index is 1.92. The molecule has 0 radical (unpaired) electrons. The largest absolute Gasteiger partial charge is 0.432 e. The second-order valence-corrected chi connectivity index (χ2v) is 8.28. The zero-order chi connectivity index (χ0) is 25.7. The van der Waals surface area contributed by atoms with E-state index in [1.54, 1.807) is 4.72 Å². The van der Waals surface area contributed by atoms with Gasteiger partial charge >= 0.3 is 12.8 Å². The summed E-state index contributed by atoms with van der Waals surface area (Å²) in [6, 6.07) is 0.443. The fraction of sp³-hybridized carbons (Fsp3) is 0.412. The standard InChI is InChI=1S/C17H15F7N2O4S/c1-29-16(17(22,23)24)3-2-8-12(6-16)25-7-14(8)31(27,28)26-11-4-10(19)13(5-9(11)18)30-15(20)21/h4-5,7,15,25-26H,2-3,6H2,1H3/t16-/m1/s1/i1D3. The molecule has 1 heterocycles. The molecule has 0 amide bonds. The molecule has 3 rings (SSSR count). The summed E-state index contributed by atoms with van der Waals surface area (Å²) in [5.74, 6) is -4.15. The van der Waals surface area contributed by atoms with Crippen LogP contribution in [-0.4, -0.2) is 38.8 Å². The summed E-state index contributed by atoms with van der Waals surface area (Å²) in [6.45, 7) is -3.47. The average Bonchev–Trinajstić information content (AvgIpc) is 3.07. The summed E-state index contributed by atoms with van der Waals surface area (Å²) in [5.41, 5.74) is -4.50. The number of hydrogen-bond acceptors (Lipinski definition) is 4. The van der Waals surface area contributed by atoms with Gasteiger partial charge in [0.1, 0.15) is 4.90 Å². The van der Waals surface area contributed by atoms with Gasteiger partial charge in [0.25, 0.3) is 10.0 Å². The van der Waals surface area contributed by atoms with Gasteiger partial charge in [-0.15, -0.1) is 0 Å². The number of nitrogens with one attached hydrogen (secondary N) is 2. The van der Waals surface area contributed by atoms with E-state index in [4.69, 9.17) is 4.11 Å². The van der Waals surface area contributed by atoms with Crippen molar-refractivity contribution in [3.63, 3.8) is 0 Å². The van der Waals surface area contributed by atoms with Crippen molar-refractivity contribution in [3.05, 3.63) is 41.2 Å². The number of sulfonamides is 1. The molecule has 0 aliphatic heterocycles. The second-order valence-electron chi connectivity index (χ2n) is 6.63. The highest BCUT2D eigenvalue weighted by Crippen LogP contribution is 2.44. The van der Waals surface area contributed by atoms with Gasteiger partial charge in [0, 0.05) is 37.5 Å². The molecule has 0 spiro atoms. The Hall–Kier alpha value is -2.48. The zero-order valence-electron chi connectivity index (χ0n) is 18.1. The first-order valence-corrected chi connectivity index (χ1v) is 9.85. The molecule has 0 saturated heterocycles. The fourth-order valence-electron chi connectivity index (χ4n) is 3.23. The average molecular weight is 479 g/mol. The molecule has 1 aromatic heterocycles. The van der Waals surface area contributed by atoms with E-state index in [1.165, 1.54) is 0 Å². The molecule has 172 valence electrons. The van der Waals surface area contributed by atoms with E-state index < -0.39 is 82.7 Å². The van der Waals surface area contributed by atoms with Crippen molar-refractivity contribution in [2.45, 2.75) is 42.5 Å². The van der Waals surface area contributed by atoms with Crippen LogP contribution in [-0.2, 0) is 27.6 Å². The molecule has 2 aromatic rings. The predicted molar refractivity (Wildman–Crippen MR) is 92.4 cm³/mol. The van der Waals surface area contributed by atoms with Crippen LogP contribution in [0.1, 0.15) is 21.8 Å². The lowest BCUT2D eigenvalue weighted by Gasteiger charge is -2.37. The van der Waals surface area contributed by atoms with E-state index in [0.29, 0.717) is 0 Å². The summed E-state index contributed by atoms with van der Waals surface area (Å²) < 4.78 is 150. The number of fused-ring (bicyclic) bond motifs is 1. The molecular weight excluding hydrogens is 461 g/mol. The summed E-state index contributed by atoms with van der Waals surface area (Å²) in [4.78, 5) is 1.74. The number of H-pyrrole nitrogens is 1. The van der Waals surface area contributed by atoms with Crippen molar-refractivity contribution in [3.8, 4) is 5.75 Å². The fourth-order valence-corrected chi connectivity index (χ4v) is 4.55. The van der Waals surface area contributed by atoms with Crippen LogP contribution in [0.2, 0.25) is 0 Å².